The molecule has 0 bridgehead atoms. The molecule has 0 fully saturated rings. The molecule has 0 unspecified atom stereocenters. The number of para-hydroxylation sites is 1. The zero-order valence-corrected chi connectivity index (χ0v) is 11.4. The van der Waals surface area contributed by atoms with Gasteiger partial charge >= 0.3 is 0 Å². The SMILES string of the molecule is Cc1c[nH]c2c(N3C(=O)c4ccccc4C3=O)cccc12. The number of aromatic amines is 1. The van der Waals surface area contributed by atoms with Gasteiger partial charge in [-0.3, -0.25) is 9.59 Å². The average Bonchev–Trinajstić information content (AvgIpc) is 3.00. The van der Waals surface area contributed by atoms with Gasteiger partial charge in [0, 0.05) is 11.6 Å². The van der Waals surface area contributed by atoms with Crippen molar-refractivity contribution in [1.29, 1.82) is 0 Å². The zero-order valence-electron chi connectivity index (χ0n) is 11.4. The van der Waals surface area contributed by atoms with E-state index in [1.54, 1.807) is 30.3 Å². The number of hydrogen-bond acceptors (Lipinski definition) is 2. The number of anilines is 1. The van der Waals surface area contributed by atoms with E-state index in [1.165, 1.54) is 4.90 Å². The number of nitrogens with one attached hydrogen (secondary N) is 1. The fourth-order valence-electron chi connectivity index (χ4n) is 2.87. The second-order valence-electron chi connectivity index (χ2n) is 5.16. The number of fused-ring (bicyclic) bond motifs is 2. The monoisotopic (exact) mass is 276 g/mol. The Hall–Kier alpha value is -2.88. The third-order valence-electron chi connectivity index (χ3n) is 3.94. The first-order chi connectivity index (χ1) is 10.2. The molecule has 102 valence electrons. The number of hydrogen-bond donors (Lipinski definition) is 1. The molecule has 21 heavy (non-hydrogen) atoms. The van der Waals surface area contributed by atoms with Gasteiger partial charge in [-0.15, -0.1) is 0 Å². The number of aryl methyl sites for hydroxylation is 1. The highest BCUT2D eigenvalue weighted by Crippen LogP contribution is 2.33. The lowest BCUT2D eigenvalue weighted by molar-refractivity contribution is 0.0926. The largest absolute Gasteiger partial charge is 0.359 e. The maximum atomic E-state index is 12.5. The summed E-state index contributed by atoms with van der Waals surface area (Å²) in [6, 6.07) is 12.6. The van der Waals surface area contributed by atoms with Crippen LogP contribution in [-0.4, -0.2) is 16.8 Å². The minimum atomic E-state index is -0.268. The van der Waals surface area contributed by atoms with E-state index in [0.717, 1.165) is 16.5 Å². The maximum absolute atomic E-state index is 12.5. The normalized spacial score (nSPS) is 14.0. The summed E-state index contributed by atoms with van der Waals surface area (Å²) in [5.41, 5.74) is 3.42. The molecule has 0 radical (unpaired) electrons. The quantitative estimate of drug-likeness (QED) is 0.693. The molecule has 4 nitrogen and oxygen atoms in total. The van der Waals surface area contributed by atoms with Crippen molar-refractivity contribution in [2.75, 3.05) is 4.90 Å². The molecule has 2 heterocycles. The number of aromatic nitrogens is 1. The fraction of sp³-hybridized carbons (Fsp3) is 0.0588. The molecule has 2 amide bonds. The summed E-state index contributed by atoms with van der Waals surface area (Å²) < 4.78 is 0. The maximum Gasteiger partial charge on any atom is 0.266 e. The van der Waals surface area contributed by atoms with Gasteiger partial charge < -0.3 is 4.98 Å². The number of carbonyl (C=O) groups excluding carboxylic acids is 2. The minimum Gasteiger partial charge on any atom is -0.359 e. The molecule has 1 aliphatic heterocycles. The minimum absolute atomic E-state index is 0.268. The summed E-state index contributed by atoms with van der Waals surface area (Å²) in [6.45, 7) is 1.99. The molecule has 4 heteroatoms. The van der Waals surface area contributed by atoms with Crippen molar-refractivity contribution < 1.29 is 9.59 Å². The molecular formula is C17H12N2O2. The summed E-state index contributed by atoms with van der Waals surface area (Å²) in [7, 11) is 0. The Morgan fingerprint density at radius 3 is 2.24 bits per heavy atom. The number of carbonyl (C=O) groups is 2. The molecule has 0 aliphatic carbocycles. The number of nitrogens with zero attached hydrogens (tertiary/aromatic N) is 1. The molecular weight excluding hydrogens is 264 g/mol. The number of H-pyrrole nitrogens is 1. The highest BCUT2D eigenvalue weighted by Gasteiger charge is 2.37. The van der Waals surface area contributed by atoms with Crippen LogP contribution < -0.4 is 4.90 Å². The van der Waals surface area contributed by atoms with Crippen molar-refractivity contribution in [1.82, 2.24) is 4.98 Å². The van der Waals surface area contributed by atoms with Crippen LogP contribution in [0.15, 0.2) is 48.7 Å². The Labute approximate surface area is 121 Å². The van der Waals surface area contributed by atoms with Gasteiger partial charge in [0.15, 0.2) is 0 Å². The summed E-state index contributed by atoms with van der Waals surface area (Å²) in [5.74, 6) is -0.536. The van der Waals surface area contributed by atoms with Gasteiger partial charge in [-0.05, 0) is 30.7 Å². The number of imide groups is 1. The molecule has 1 N–H and O–H groups in total. The van der Waals surface area contributed by atoms with Crippen LogP contribution in [0, 0.1) is 6.92 Å². The second kappa shape index (κ2) is 4.06. The Kier molecular flexibility index (Phi) is 2.30. The third-order valence-corrected chi connectivity index (χ3v) is 3.94. The van der Waals surface area contributed by atoms with Crippen LogP contribution >= 0.6 is 0 Å². The fourth-order valence-corrected chi connectivity index (χ4v) is 2.87. The van der Waals surface area contributed by atoms with Gasteiger partial charge in [0.1, 0.15) is 0 Å². The molecule has 1 aromatic heterocycles. The zero-order chi connectivity index (χ0) is 14.6. The second-order valence-corrected chi connectivity index (χ2v) is 5.16. The van der Waals surface area contributed by atoms with E-state index >= 15 is 0 Å². The number of rotatable bonds is 1. The Bertz CT molecular complexity index is 873. The van der Waals surface area contributed by atoms with Gasteiger partial charge in [0.05, 0.1) is 22.3 Å². The lowest BCUT2D eigenvalue weighted by Crippen LogP contribution is -2.29. The van der Waals surface area contributed by atoms with Gasteiger partial charge in [0.25, 0.3) is 11.8 Å². The smallest absolute Gasteiger partial charge is 0.266 e. The van der Waals surface area contributed by atoms with Crippen molar-refractivity contribution in [2.45, 2.75) is 6.92 Å². The molecule has 4 rings (SSSR count). The van der Waals surface area contributed by atoms with Crippen LogP contribution in [0.4, 0.5) is 5.69 Å². The Morgan fingerprint density at radius 2 is 1.57 bits per heavy atom. The predicted molar refractivity (Wildman–Crippen MR) is 80.6 cm³/mol. The topological polar surface area (TPSA) is 53.2 Å². The van der Waals surface area contributed by atoms with Crippen LogP contribution in [0.5, 0.6) is 0 Å². The van der Waals surface area contributed by atoms with E-state index in [4.69, 9.17) is 0 Å². The van der Waals surface area contributed by atoms with E-state index < -0.39 is 0 Å². The number of amides is 2. The predicted octanol–water partition coefficient (Wildman–Crippen LogP) is 3.28. The molecule has 0 saturated heterocycles. The van der Waals surface area contributed by atoms with Crippen molar-refractivity contribution in [3.05, 3.63) is 65.4 Å². The van der Waals surface area contributed by atoms with E-state index in [2.05, 4.69) is 4.98 Å². The van der Waals surface area contributed by atoms with E-state index in [9.17, 15) is 9.59 Å². The van der Waals surface area contributed by atoms with Crippen LogP contribution in [0.1, 0.15) is 26.3 Å². The van der Waals surface area contributed by atoms with E-state index in [-0.39, 0.29) is 11.8 Å². The first-order valence-corrected chi connectivity index (χ1v) is 6.73. The van der Waals surface area contributed by atoms with Crippen LogP contribution in [0.2, 0.25) is 0 Å². The lowest BCUT2D eigenvalue weighted by Gasteiger charge is -2.15. The molecule has 1 aliphatic rings. The van der Waals surface area contributed by atoms with Crippen LogP contribution in [0.3, 0.4) is 0 Å². The van der Waals surface area contributed by atoms with E-state index in [0.29, 0.717) is 16.8 Å². The Balaban J connectivity index is 1.95. The van der Waals surface area contributed by atoms with Crippen molar-refractivity contribution in [3.8, 4) is 0 Å². The average molecular weight is 276 g/mol. The van der Waals surface area contributed by atoms with Crippen LogP contribution in [0.25, 0.3) is 10.9 Å². The first-order valence-electron chi connectivity index (χ1n) is 6.73. The summed E-state index contributed by atoms with van der Waals surface area (Å²) in [6.07, 6.45) is 1.88. The van der Waals surface area contributed by atoms with Gasteiger partial charge in [-0.25, -0.2) is 4.90 Å². The van der Waals surface area contributed by atoms with Gasteiger partial charge in [-0.1, -0.05) is 24.3 Å². The van der Waals surface area contributed by atoms with E-state index in [1.807, 2.05) is 25.3 Å². The molecule has 0 saturated carbocycles. The highest BCUT2D eigenvalue weighted by molar-refractivity contribution is 6.35. The molecule has 0 atom stereocenters. The number of benzene rings is 2. The first kappa shape index (κ1) is 11.9. The highest BCUT2D eigenvalue weighted by atomic mass is 16.2. The molecule has 2 aromatic carbocycles. The third kappa shape index (κ3) is 1.50. The molecule has 0 spiro atoms. The molecule has 3 aromatic rings. The van der Waals surface area contributed by atoms with Crippen molar-refractivity contribution in [2.24, 2.45) is 0 Å². The summed E-state index contributed by atoms with van der Waals surface area (Å²) in [4.78, 5) is 29.5. The summed E-state index contributed by atoms with van der Waals surface area (Å²) >= 11 is 0. The standard InChI is InChI=1S/C17H12N2O2/c1-10-9-18-15-11(10)7-4-8-14(15)19-16(20)12-5-2-3-6-13(12)17(19)21/h2-9,18H,1H3. The van der Waals surface area contributed by atoms with Gasteiger partial charge in [-0.2, -0.15) is 0 Å². The lowest BCUT2D eigenvalue weighted by atomic mass is 10.1. The van der Waals surface area contributed by atoms with Crippen molar-refractivity contribution >= 4 is 28.4 Å². The van der Waals surface area contributed by atoms with Crippen LogP contribution in [-0.2, 0) is 0 Å². The summed E-state index contributed by atoms with van der Waals surface area (Å²) in [5, 5.41) is 1.02. The Morgan fingerprint density at radius 1 is 0.905 bits per heavy atom. The van der Waals surface area contributed by atoms with Gasteiger partial charge in [0.2, 0.25) is 0 Å². The van der Waals surface area contributed by atoms with Crippen molar-refractivity contribution in [3.63, 3.8) is 0 Å².